The fourth-order valence-corrected chi connectivity index (χ4v) is 3.99. The van der Waals surface area contributed by atoms with Crippen LogP contribution in [0.4, 0.5) is 4.39 Å². The number of nitrogens with zero attached hydrogens (tertiary/aromatic N) is 1. The van der Waals surface area contributed by atoms with Gasteiger partial charge in [0.1, 0.15) is 5.82 Å². The lowest BCUT2D eigenvalue weighted by Gasteiger charge is -2.41. The van der Waals surface area contributed by atoms with E-state index in [1.807, 2.05) is 7.05 Å². The van der Waals surface area contributed by atoms with Gasteiger partial charge in [-0.3, -0.25) is 4.98 Å². The molecule has 2 unspecified atom stereocenters. The van der Waals surface area contributed by atoms with Crippen LogP contribution >= 0.6 is 0 Å². The van der Waals surface area contributed by atoms with E-state index in [1.54, 1.807) is 12.3 Å². The molecule has 0 bridgehead atoms. The number of hydrogen-bond donors (Lipinski definition) is 1. The Kier molecular flexibility index (Phi) is 4.03. The highest BCUT2D eigenvalue weighted by molar-refractivity contribution is 5.17. The summed E-state index contributed by atoms with van der Waals surface area (Å²) >= 11 is 0. The van der Waals surface area contributed by atoms with E-state index in [4.69, 9.17) is 4.74 Å². The van der Waals surface area contributed by atoms with Gasteiger partial charge >= 0.3 is 0 Å². The van der Waals surface area contributed by atoms with Crippen molar-refractivity contribution in [1.82, 2.24) is 10.3 Å². The molecule has 2 fully saturated rings. The Bertz CT molecular complexity index is 460. The molecule has 4 heteroatoms. The third-order valence-electron chi connectivity index (χ3n) is 4.91. The molecule has 1 saturated heterocycles. The topological polar surface area (TPSA) is 34.2 Å². The van der Waals surface area contributed by atoms with E-state index < -0.39 is 0 Å². The predicted octanol–water partition coefficient (Wildman–Crippen LogP) is 3.22. The maximum Gasteiger partial charge on any atom is 0.141 e. The molecular weight excluding hydrogens is 255 g/mol. The summed E-state index contributed by atoms with van der Waals surface area (Å²) in [5.74, 6) is 0.237. The van der Waals surface area contributed by atoms with Gasteiger partial charge in [-0.25, -0.2) is 4.39 Å². The molecule has 1 aliphatic heterocycles. The zero-order valence-corrected chi connectivity index (χ0v) is 12.1. The molecule has 1 aromatic heterocycles. The van der Waals surface area contributed by atoms with E-state index in [-0.39, 0.29) is 17.5 Å². The number of pyridine rings is 1. The van der Waals surface area contributed by atoms with E-state index in [0.29, 0.717) is 5.92 Å². The fraction of sp³-hybridized carbons (Fsp3) is 0.688. The summed E-state index contributed by atoms with van der Waals surface area (Å²) < 4.78 is 19.5. The first kappa shape index (κ1) is 14.0. The van der Waals surface area contributed by atoms with Crippen LogP contribution < -0.4 is 5.32 Å². The van der Waals surface area contributed by atoms with Gasteiger partial charge in [0.2, 0.25) is 0 Å². The highest BCUT2D eigenvalue weighted by Crippen LogP contribution is 2.45. The van der Waals surface area contributed by atoms with Crippen LogP contribution in [0.1, 0.15) is 50.1 Å². The van der Waals surface area contributed by atoms with Crippen molar-refractivity contribution in [3.63, 3.8) is 0 Å². The average molecular weight is 278 g/mol. The SMILES string of the molecule is CNC(c1cncc(F)c1)C1CCOC2(CCCC2)C1. The predicted molar refractivity (Wildman–Crippen MR) is 75.9 cm³/mol. The monoisotopic (exact) mass is 278 g/mol. The van der Waals surface area contributed by atoms with Crippen LogP contribution in [-0.4, -0.2) is 24.2 Å². The number of halogens is 1. The number of hydrogen-bond acceptors (Lipinski definition) is 3. The summed E-state index contributed by atoms with van der Waals surface area (Å²) in [6, 6.07) is 1.77. The van der Waals surface area contributed by atoms with Crippen LogP contribution in [0.3, 0.4) is 0 Å². The Labute approximate surface area is 119 Å². The zero-order valence-electron chi connectivity index (χ0n) is 12.1. The third-order valence-corrected chi connectivity index (χ3v) is 4.91. The van der Waals surface area contributed by atoms with E-state index in [9.17, 15) is 4.39 Å². The molecule has 20 heavy (non-hydrogen) atoms. The molecule has 3 rings (SSSR count). The summed E-state index contributed by atoms with van der Waals surface area (Å²) in [6.45, 7) is 0.825. The molecule has 1 N–H and O–H groups in total. The first-order valence-electron chi connectivity index (χ1n) is 7.64. The van der Waals surface area contributed by atoms with Crippen molar-refractivity contribution in [2.24, 2.45) is 5.92 Å². The quantitative estimate of drug-likeness (QED) is 0.922. The van der Waals surface area contributed by atoms with Gasteiger partial charge in [0.15, 0.2) is 0 Å². The highest BCUT2D eigenvalue weighted by atomic mass is 19.1. The van der Waals surface area contributed by atoms with Gasteiger partial charge in [0.25, 0.3) is 0 Å². The average Bonchev–Trinajstić information content (AvgIpc) is 2.88. The maximum absolute atomic E-state index is 13.4. The third kappa shape index (κ3) is 2.72. The van der Waals surface area contributed by atoms with E-state index in [0.717, 1.165) is 25.0 Å². The Hall–Kier alpha value is -1.00. The van der Waals surface area contributed by atoms with E-state index in [2.05, 4.69) is 10.3 Å². The second kappa shape index (κ2) is 5.78. The number of aromatic nitrogens is 1. The van der Waals surface area contributed by atoms with Gasteiger partial charge in [0, 0.05) is 18.8 Å². The second-order valence-electron chi connectivity index (χ2n) is 6.19. The minimum atomic E-state index is -0.259. The normalized spacial score (nSPS) is 26.8. The van der Waals surface area contributed by atoms with Crippen molar-refractivity contribution in [1.29, 1.82) is 0 Å². The molecule has 0 radical (unpaired) electrons. The van der Waals surface area contributed by atoms with E-state index >= 15 is 0 Å². The molecule has 0 aromatic carbocycles. The molecule has 2 heterocycles. The number of ether oxygens (including phenoxy) is 1. The van der Waals surface area contributed by atoms with Gasteiger partial charge in [-0.2, -0.15) is 0 Å². The molecule has 110 valence electrons. The van der Waals surface area contributed by atoms with Gasteiger partial charge < -0.3 is 10.1 Å². The first-order valence-corrected chi connectivity index (χ1v) is 7.64. The fourth-order valence-electron chi connectivity index (χ4n) is 3.99. The number of nitrogens with one attached hydrogen (secondary N) is 1. The lowest BCUT2D eigenvalue weighted by atomic mass is 9.79. The summed E-state index contributed by atoms with van der Waals surface area (Å²) in [4.78, 5) is 3.99. The molecule has 1 spiro atoms. The lowest BCUT2D eigenvalue weighted by Crippen LogP contribution is -2.41. The molecule has 1 aromatic rings. The molecular formula is C16H23FN2O. The van der Waals surface area contributed by atoms with Gasteiger partial charge in [-0.15, -0.1) is 0 Å². The molecule has 2 aliphatic rings. The maximum atomic E-state index is 13.4. The van der Waals surface area contributed by atoms with Crippen molar-refractivity contribution in [2.75, 3.05) is 13.7 Å². The van der Waals surface area contributed by atoms with Gasteiger partial charge in [-0.05, 0) is 50.3 Å². The Morgan fingerprint density at radius 3 is 2.90 bits per heavy atom. The minimum absolute atomic E-state index is 0.0960. The van der Waals surface area contributed by atoms with Crippen LogP contribution in [0.25, 0.3) is 0 Å². The summed E-state index contributed by atoms with van der Waals surface area (Å²) in [7, 11) is 1.95. The molecule has 1 aliphatic carbocycles. The van der Waals surface area contributed by atoms with Crippen LogP contribution in [0.15, 0.2) is 18.5 Å². The minimum Gasteiger partial charge on any atom is -0.375 e. The Morgan fingerprint density at radius 1 is 1.40 bits per heavy atom. The summed E-state index contributed by atoms with van der Waals surface area (Å²) in [5.41, 5.74) is 1.05. The summed E-state index contributed by atoms with van der Waals surface area (Å²) in [5, 5.41) is 3.36. The Balaban J connectivity index is 1.78. The van der Waals surface area contributed by atoms with Crippen molar-refractivity contribution >= 4 is 0 Å². The standard InChI is InChI=1S/C16H23FN2O/c1-18-15(13-8-14(17)11-19-10-13)12-4-7-20-16(9-12)5-2-3-6-16/h8,10-12,15,18H,2-7,9H2,1H3. The molecule has 2 atom stereocenters. The molecule has 0 amide bonds. The van der Waals surface area contributed by atoms with Crippen molar-refractivity contribution in [2.45, 2.75) is 50.2 Å². The smallest absolute Gasteiger partial charge is 0.141 e. The summed E-state index contributed by atoms with van der Waals surface area (Å²) in [6.07, 6.45) is 10.1. The van der Waals surface area contributed by atoms with Gasteiger partial charge in [-0.1, -0.05) is 12.8 Å². The largest absolute Gasteiger partial charge is 0.375 e. The molecule has 3 nitrogen and oxygen atoms in total. The lowest BCUT2D eigenvalue weighted by molar-refractivity contribution is -0.0979. The number of rotatable bonds is 3. The molecule has 1 saturated carbocycles. The van der Waals surface area contributed by atoms with Crippen LogP contribution in [0.2, 0.25) is 0 Å². The van der Waals surface area contributed by atoms with Crippen LogP contribution in [0.5, 0.6) is 0 Å². The highest BCUT2D eigenvalue weighted by Gasteiger charge is 2.42. The zero-order chi connectivity index (χ0) is 14.0. The van der Waals surface area contributed by atoms with Crippen molar-refractivity contribution in [3.8, 4) is 0 Å². The Morgan fingerprint density at radius 2 is 2.20 bits per heavy atom. The van der Waals surface area contributed by atoms with Crippen molar-refractivity contribution in [3.05, 3.63) is 29.8 Å². The van der Waals surface area contributed by atoms with Crippen LogP contribution in [-0.2, 0) is 4.74 Å². The van der Waals surface area contributed by atoms with Gasteiger partial charge in [0.05, 0.1) is 11.8 Å². The second-order valence-corrected chi connectivity index (χ2v) is 6.19. The first-order chi connectivity index (χ1) is 9.72. The van der Waals surface area contributed by atoms with Crippen LogP contribution in [0, 0.1) is 11.7 Å². The van der Waals surface area contributed by atoms with E-state index in [1.165, 1.54) is 31.9 Å². The van der Waals surface area contributed by atoms with Crippen molar-refractivity contribution < 1.29 is 9.13 Å².